The van der Waals surface area contributed by atoms with Gasteiger partial charge in [-0.05, 0) is 41.8 Å². The van der Waals surface area contributed by atoms with Crippen molar-refractivity contribution in [1.29, 1.82) is 0 Å². The van der Waals surface area contributed by atoms with Gasteiger partial charge in [0.15, 0.2) is 34.4 Å². The number of aromatic nitrogens is 2. The molecule has 6 rings (SSSR count). The number of nitrogens with zero attached hydrogens (tertiary/aromatic N) is 3. The summed E-state index contributed by atoms with van der Waals surface area (Å²) in [7, 11) is 3.04. The number of carbonyl (C=O) groups excluding carboxylic acids is 2. The number of rotatable bonds is 12. The highest BCUT2D eigenvalue weighted by molar-refractivity contribution is 6.16. The quantitative estimate of drug-likeness (QED) is 0.178. The molecule has 1 amide bonds. The Hall–Kier alpha value is -5.51. The van der Waals surface area contributed by atoms with Gasteiger partial charge in [-0.2, -0.15) is 0 Å². The van der Waals surface area contributed by atoms with Crippen molar-refractivity contribution in [1.82, 2.24) is 14.5 Å². The lowest BCUT2D eigenvalue weighted by molar-refractivity contribution is -0.129. The second kappa shape index (κ2) is 12.4. The maximum atomic E-state index is 14.0. The summed E-state index contributed by atoms with van der Waals surface area (Å²) in [6.45, 7) is 1.20. The van der Waals surface area contributed by atoms with Crippen LogP contribution in [0.25, 0.3) is 11.0 Å². The molecule has 44 heavy (non-hydrogen) atoms. The number of aryl methyl sites for hydroxylation is 1. The Balaban J connectivity index is 1.35. The van der Waals surface area contributed by atoms with Gasteiger partial charge in [-0.3, -0.25) is 9.59 Å². The van der Waals surface area contributed by atoms with E-state index >= 15 is 0 Å². The number of benzene rings is 3. The molecule has 1 aliphatic rings. The molecule has 0 saturated heterocycles. The number of hydrogen-bond acceptors (Lipinski definition) is 8. The summed E-state index contributed by atoms with van der Waals surface area (Å²) in [6, 6.07) is 21.0. The minimum absolute atomic E-state index is 0.0149. The number of aliphatic hydroxyl groups is 1. The standard InChI is InChI=1S/C34H31N3O7/c1-41-26-11-6-10-24-19-28(44-33(24)26)31(38)29-30(37(34(40)32(29)39)16-7-15-36-17-14-35-21-36)23-12-13-25(27(18-23)42-2)43-20-22-8-4-3-5-9-22/h3-6,8-14,17-19,21,30,39H,7,15-16,20H2,1-2H3. The Labute approximate surface area is 253 Å². The van der Waals surface area contributed by atoms with Gasteiger partial charge in [-0.25, -0.2) is 4.98 Å². The van der Waals surface area contributed by atoms with Crippen LogP contribution in [0.1, 0.15) is 34.1 Å². The van der Waals surface area contributed by atoms with E-state index in [1.807, 2.05) is 41.1 Å². The van der Waals surface area contributed by atoms with E-state index in [1.54, 1.807) is 55.0 Å². The molecule has 224 valence electrons. The molecule has 3 aromatic carbocycles. The summed E-state index contributed by atoms with van der Waals surface area (Å²) in [5.74, 6) is -0.467. The number of carbonyl (C=O) groups is 2. The van der Waals surface area contributed by atoms with Gasteiger partial charge < -0.3 is 33.2 Å². The number of Topliss-reactive ketones (excluding diaryl/α,β-unsaturated/α-hetero) is 1. The molecule has 0 aliphatic carbocycles. The molecular formula is C34H31N3O7. The van der Waals surface area contributed by atoms with Crippen LogP contribution in [0, 0.1) is 0 Å². The Morgan fingerprint density at radius 2 is 1.77 bits per heavy atom. The molecule has 1 aliphatic heterocycles. The lowest BCUT2D eigenvalue weighted by atomic mass is 9.94. The third-order valence-electron chi connectivity index (χ3n) is 7.62. The Morgan fingerprint density at radius 1 is 0.955 bits per heavy atom. The summed E-state index contributed by atoms with van der Waals surface area (Å²) in [5, 5.41) is 11.8. The lowest BCUT2D eigenvalue weighted by Crippen LogP contribution is -2.32. The Kier molecular flexibility index (Phi) is 8.05. The average Bonchev–Trinajstić information content (AvgIpc) is 3.79. The van der Waals surface area contributed by atoms with Crippen LogP contribution in [-0.4, -0.2) is 52.0 Å². The zero-order valence-electron chi connectivity index (χ0n) is 24.3. The molecular weight excluding hydrogens is 562 g/mol. The summed E-state index contributed by atoms with van der Waals surface area (Å²) in [5.41, 5.74) is 1.90. The monoisotopic (exact) mass is 593 g/mol. The molecule has 1 N–H and O–H groups in total. The first-order valence-corrected chi connectivity index (χ1v) is 14.1. The maximum absolute atomic E-state index is 14.0. The van der Waals surface area contributed by atoms with Crippen molar-refractivity contribution >= 4 is 22.7 Å². The minimum Gasteiger partial charge on any atom is -0.503 e. The van der Waals surface area contributed by atoms with Crippen LogP contribution in [0.3, 0.4) is 0 Å². The number of furan rings is 1. The first-order valence-electron chi connectivity index (χ1n) is 14.1. The molecule has 10 nitrogen and oxygen atoms in total. The highest BCUT2D eigenvalue weighted by atomic mass is 16.5. The summed E-state index contributed by atoms with van der Waals surface area (Å²) < 4.78 is 24.9. The predicted octanol–water partition coefficient (Wildman–Crippen LogP) is 5.89. The van der Waals surface area contributed by atoms with E-state index in [2.05, 4.69) is 4.98 Å². The van der Waals surface area contributed by atoms with Gasteiger partial charge in [0.1, 0.15) is 6.61 Å². The van der Waals surface area contributed by atoms with Crippen molar-refractivity contribution in [2.24, 2.45) is 0 Å². The number of para-hydroxylation sites is 1. The normalized spacial score (nSPS) is 14.8. The van der Waals surface area contributed by atoms with E-state index in [0.717, 1.165) is 5.56 Å². The number of ether oxygens (including phenoxy) is 3. The van der Waals surface area contributed by atoms with Crippen molar-refractivity contribution in [3.8, 4) is 17.2 Å². The van der Waals surface area contributed by atoms with Crippen LogP contribution in [-0.2, 0) is 17.9 Å². The predicted molar refractivity (Wildman–Crippen MR) is 162 cm³/mol. The number of fused-ring (bicyclic) bond motifs is 1. The van der Waals surface area contributed by atoms with Crippen LogP contribution in [0.15, 0.2) is 107 Å². The van der Waals surface area contributed by atoms with E-state index in [0.29, 0.717) is 53.4 Å². The summed E-state index contributed by atoms with van der Waals surface area (Å²) >= 11 is 0. The number of amides is 1. The molecule has 0 radical (unpaired) electrons. The van der Waals surface area contributed by atoms with Gasteiger partial charge in [-0.15, -0.1) is 0 Å². The molecule has 0 saturated carbocycles. The molecule has 2 aromatic heterocycles. The average molecular weight is 594 g/mol. The third-order valence-corrected chi connectivity index (χ3v) is 7.62. The number of methoxy groups -OCH3 is 2. The fourth-order valence-corrected chi connectivity index (χ4v) is 5.46. The molecule has 0 spiro atoms. The first kappa shape index (κ1) is 28.6. The van der Waals surface area contributed by atoms with Crippen molar-refractivity contribution in [3.63, 3.8) is 0 Å². The number of aliphatic hydroxyl groups excluding tert-OH is 1. The zero-order valence-corrected chi connectivity index (χ0v) is 24.3. The lowest BCUT2D eigenvalue weighted by Gasteiger charge is -2.27. The van der Waals surface area contributed by atoms with Crippen molar-refractivity contribution in [3.05, 3.63) is 120 Å². The minimum atomic E-state index is -0.898. The number of hydrogen-bond donors (Lipinski definition) is 1. The highest BCUT2D eigenvalue weighted by Gasteiger charge is 2.44. The van der Waals surface area contributed by atoms with E-state index < -0.39 is 23.5 Å². The number of imidazole rings is 1. The second-order valence-electron chi connectivity index (χ2n) is 10.3. The van der Waals surface area contributed by atoms with E-state index in [9.17, 15) is 14.7 Å². The van der Waals surface area contributed by atoms with Gasteiger partial charge in [-0.1, -0.05) is 48.5 Å². The molecule has 10 heteroatoms. The smallest absolute Gasteiger partial charge is 0.290 e. The largest absolute Gasteiger partial charge is 0.503 e. The highest BCUT2D eigenvalue weighted by Crippen LogP contribution is 2.42. The molecule has 3 heterocycles. The van der Waals surface area contributed by atoms with Gasteiger partial charge >= 0.3 is 0 Å². The second-order valence-corrected chi connectivity index (χ2v) is 10.3. The van der Waals surface area contributed by atoms with E-state index in [1.165, 1.54) is 19.1 Å². The van der Waals surface area contributed by atoms with Gasteiger partial charge in [0.25, 0.3) is 5.91 Å². The van der Waals surface area contributed by atoms with Gasteiger partial charge in [0.05, 0.1) is 32.2 Å². The fourth-order valence-electron chi connectivity index (χ4n) is 5.46. The van der Waals surface area contributed by atoms with Crippen LogP contribution in [0.5, 0.6) is 17.2 Å². The first-order chi connectivity index (χ1) is 21.5. The molecule has 0 bridgehead atoms. The molecule has 5 aromatic rings. The van der Waals surface area contributed by atoms with Crippen molar-refractivity contribution in [2.75, 3.05) is 20.8 Å². The summed E-state index contributed by atoms with van der Waals surface area (Å²) in [4.78, 5) is 33.1. The van der Waals surface area contributed by atoms with Crippen LogP contribution < -0.4 is 14.2 Å². The zero-order chi connectivity index (χ0) is 30.6. The Morgan fingerprint density at radius 3 is 2.52 bits per heavy atom. The van der Waals surface area contributed by atoms with Crippen LogP contribution in [0.4, 0.5) is 0 Å². The topological polar surface area (TPSA) is 116 Å². The number of ketones is 1. The van der Waals surface area contributed by atoms with Crippen molar-refractivity contribution in [2.45, 2.75) is 25.6 Å². The maximum Gasteiger partial charge on any atom is 0.290 e. The molecule has 1 unspecified atom stereocenters. The van der Waals surface area contributed by atoms with Crippen LogP contribution in [0.2, 0.25) is 0 Å². The molecule has 0 fully saturated rings. The Bertz CT molecular complexity index is 1830. The van der Waals surface area contributed by atoms with Crippen LogP contribution >= 0.6 is 0 Å². The fraction of sp³-hybridized carbons (Fsp3) is 0.206. The van der Waals surface area contributed by atoms with Gasteiger partial charge in [0.2, 0.25) is 5.78 Å². The van der Waals surface area contributed by atoms with Gasteiger partial charge in [0, 0.05) is 30.9 Å². The van der Waals surface area contributed by atoms with Crippen molar-refractivity contribution < 1.29 is 33.3 Å². The SMILES string of the molecule is COc1cc(C2C(C(=O)c3cc4cccc(OC)c4o3)=C(O)C(=O)N2CCCn2ccnc2)ccc1OCc1ccccc1. The molecule has 1 atom stereocenters. The van der Waals surface area contributed by atoms with E-state index in [4.69, 9.17) is 18.6 Å². The summed E-state index contributed by atoms with van der Waals surface area (Å²) in [6.07, 6.45) is 5.78. The third kappa shape index (κ3) is 5.49. The van der Waals surface area contributed by atoms with E-state index in [-0.39, 0.29) is 17.9 Å².